The van der Waals surface area contributed by atoms with Crippen molar-refractivity contribution in [1.82, 2.24) is 19.5 Å². The third-order valence-electron chi connectivity index (χ3n) is 3.47. The Bertz CT molecular complexity index is 681. The number of aliphatic hydroxyl groups excluding tert-OH is 2. The molecule has 20 heavy (non-hydrogen) atoms. The number of anilines is 1. The number of imidazole rings is 1. The second-order valence-corrected chi connectivity index (χ2v) is 4.79. The molecule has 0 amide bonds. The van der Waals surface area contributed by atoms with Gasteiger partial charge < -0.3 is 25.3 Å². The van der Waals surface area contributed by atoms with Gasteiger partial charge in [0.05, 0.1) is 31.7 Å². The number of nitrogens with one attached hydrogen (secondary N) is 1. The number of ether oxygens (including phenoxy) is 1. The molecule has 1 fully saturated rings. The van der Waals surface area contributed by atoms with E-state index in [2.05, 4.69) is 15.0 Å². The van der Waals surface area contributed by atoms with E-state index < -0.39 is 17.8 Å². The second kappa shape index (κ2) is 4.85. The number of nitrogens with two attached hydrogens (primary N) is 1. The van der Waals surface area contributed by atoms with Gasteiger partial charge in [-0.1, -0.05) is 0 Å². The highest BCUT2D eigenvalue weighted by molar-refractivity contribution is 5.70. The molecule has 108 valence electrons. The maximum atomic E-state index is 11.7. The normalized spacial score (nSPS) is 27.0. The largest absolute Gasteiger partial charge is 0.394 e. The Morgan fingerprint density at radius 3 is 3.10 bits per heavy atom. The Kier molecular flexibility index (Phi) is 3.16. The van der Waals surface area contributed by atoms with E-state index in [0.29, 0.717) is 18.7 Å². The van der Waals surface area contributed by atoms with Gasteiger partial charge in [0.15, 0.2) is 11.2 Å². The fourth-order valence-corrected chi connectivity index (χ4v) is 2.42. The third kappa shape index (κ3) is 2.05. The summed E-state index contributed by atoms with van der Waals surface area (Å²) in [5.74, 6) is 0.00904. The summed E-state index contributed by atoms with van der Waals surface area (Å²) in [5.41, 5.74) is 5.67. The van der Waals surface area contributed by atoms with Crippen LogP contribution >= 0.6 is 0 Å². The minimum absolute atomic E-state index is 0.00904. The van der Waals surface area contributed by atoms with Crippen LogP contribution in [0.2, 0.25) is 0 Å². The van der Waals surface area contributed by atoms with Gasteiger partial charge in [-0.05, 0) is 6.42 Å². The predicted octanol–water partition coefficient (Wildman–Crippen LogP) is -1.62. The molecular formula is C11H15N5O4. The molecule has 0 bridgehead atoms. The van der Waals surface area contributed by atoms with E-state index in [-0.39, 0.29) is 24.1 Å². The summed E-state index contributed by atoms with van der Waals surface area (Å²) in [4.78, 5) is 22.2. The fraction of sp³-hybridized carbons (Fsp3) is 0.545. The zero-order valence-corrected chi connectivity index (χ0v) is 10.6. The summed E-state index contributed by atoms with van der Waals surface area (Å²) < 4.78 is 7.06. The van der Waals surface area contributed by atoms with Gasteiger partial charge in [-0.2, -0.15) is 4.98 Å². The Morgan fingerprint density at radius 1 is 1.60 bits per heavy atom. The van der Waals surface area contributed by atoms with Crippen LogP contribution in [0, 0.1) is 0 Å². The lowest BCUT2D eigenvalue weighted by molar-refractivity contribution is -0.112. The molecule has 3 rings (SSSR count). The van der Waals surface area contributed by atoms with E-state index in [9.17, 15) is 9.90 Å². The molecular weight excluding hydrogens is 266 g/mol. The average Bonchev–Trinajstić information content (AvgIpc) is 2.82. The summed E-state index contributed by atoms with van der Waals surface area (Å²) in [6.07, 6.45) is 0.496. The van der Waals surface area contributed by atoms with Gasteiger partial charge in [-0.3, -0.25) is 9.78 Å². The third-order valence-corrected chi connectivity index (χ3v) is 3.47. The number of H-pyrrole nitrogens is 1. The van der Waals surface area contributed by atoms with Crippen molar-refractivity contribution in [2.45, 2.75) is 24.7 Å². The zero-order chi connectivity index (χ0) is 14.3. The molecule has 1 aliphatic rings. The van der Waals surface area contributed by atoms with Crippen LogP contribution in [0.25, 0.3) is 11.2 Å². The Hall–Kier alpha value is -1.97. The first-order valence-electron chi connectivity index (χ1n) is 6.23. The van der Waals surface area contributed by atoms with Crippen molar-refractivity contribution < 1.29 is 14.9 Å². The molecule has 9 nitrogen and oxygen atoms in total. The highest BCUT2D eigenvalue weighted by Gasteiger charge is 2.31. The monoisotopic (exact) mass is 281 g/mol. The van der Waals surface area contributed by atoms with Gasteiger partial charge in [-0.15, -0.1) is 0 Å². The summed E-state index contributed by atoms with van der Waals surface area (Å²) in [5, 5.41) is 18.9. The van der Waals surface area contributed by atoms with Crippen LogP contribution in [-0.2, 0) is 4.74 Å². The van der Waals surface area contributed by atoms with Crippen molar-refractivity contribution in [2.75, 3.05) is 18.9 Å². The summed E-state index contributed by atoms with van der Waals surface area (Å²) >= 11 is 0. The van der Waals surface area contributed by atoms with Crippen LogP contribution in [0.4, 0.5) is 5.95 Å². The number of nitrogens with zero attached hydrogens (tertiary/aromatic N) is 3. The van der Waals surface area contributed by atoms with Gasteiger partial charge >= 0.3 is 0 Å². The molecule has 5 N–H and O–H groups in total. The Morgan fingerprint density at radius 2 is 2.40 bits per heavy atom. The van der Waals surface area contributed by atoms with Gasteiger partial charge in [0.25, 0.3) is 5.56 Å². The number of rotatable bonds is 2. The number of hydrogen-bond acceptors (Lipinski definition) is 7. The molecule has 0 saturated carbocycles. The van der Waals surface area contributed by atoms with E-state index in [1.165, 1.54) is 6.33 Å². The number of nitrogen functional groups attached to an aromatic ring is 1. The molecule has 0 unspecified atom stereocenters. The molecule has 1 saturated heterocycles. The molecule has 3 heterocycles. The van der Waals surface area contributed by atoms with E-state index >= 15 is 0 Å². The maximum absolute atomic E-state index is 11.7. The lowest BCUT2D eigenvalue weighted by Crippen LogP contribution is -2.41. The highest BCUT2D eigenvalue weighted by atomic mass is 16.5. The van der Waals surface area contributed by atoms with Crippen molar-refractivity contribution in [3.63, 3.8) is 0 Å². The van der Waals surface area contributed by atoms with Crippen molar-refractivity contribution in [3.05, 3.63) is 16.7 Å². The van der Waals surface area contributed by atoms with Crippen molar-refractivity contribution in [1.29, 1.82) is 0 Å². The molecule has 2 aromatic rings. The average molecular weight is 281 g/mol. The molecule has 2 aromatic heterocycles. The van der Waals surface area contributed by atoms with Crippen molar-refractivity contribution >= 4 is 17.1 Å². The van der Waals surface area contributed by atoms with E-state index in [4.69, 9.17) is 15.6 Å². The maximum Gasteiger partial charge on any atom is 0.280 e. The van der Waals surface area contributed by atoms with Crippen LogP contribution in [0.3, 0.4) is 0 Å². The Labute approximate surface area is 113 Å². The summed E-state index contributed by atoms with van der Waals surface area (Å²) in [7, 11) is 0. The van der Waals surface area contributed by atoms with Crippen LogP contribution in [0.1, 0.15) is 12.5 Å². The first kappa shape index (κ1) is 13.0. The van der Waals surface area contributed by atoms with Gasteiger partial charge in [0.2, 0.25) is 5.95 Å². The fourth-order valence-electron chi connectivity index (χ4n) is 2.42. The SMILES string of the molecule is Nc1nc2c(ncn2[C@@H]2CO[C@H](CO)[C@@H](O)C2)c(=O)[nH]1. The number of hydrogen-bond donors (Lipinski definition) is 4. The van der Waals surface area contributed by atoms with Crippen LogP contribution in [0.5, 0.6) is 0 Å². The molecule has 1 aliphatic heterocycles. The number of aromatic amines is 1. The molecule has 0 spiro atoms. The van der Waals surface area contributed by atoms with E-state index in [0.717, 1.165) is 0 Å². The molecule has 9 heteroatoms. The van der Waals surface area contributed by atoms with E-state index in [1.54, 1.807) is 4.57 Å². The van der Waals surface area contributed by atoms with E-state index in [1.807, 2.05) is 0 Å². The molecule has 0 aliphatic carbocycles. The van der Waals surface area contributed by atoms with Crippen LogP contribution in [-0.4, -0.2) is 55.2 Å². The van der Waals surface area contributed by atoms with Gasteiger partial charge in [0, 0.05) is 0 Å². The second-order valence-electron chi connectivity index (χ2n) is 4.79. The number of aliphatic hydroxyl groups is 2. The van der Waals surface area contributed by atoms with Crippen LogP contribution in [0.15, 0.2) is 11.1 Å². The van der Waals surface area contributed by atoms with Crippen molar-refractivity contribution in [2.24, 2.45) is 0 Å². The first-order valence-corrected chi connectivity index (χ1v) is 6.23. The molecule has 0 radical (unpaired) electrons. The highest BCUT2D eigenvalue weighted by Crippen LogP contribution is 2.25. The van der Waals surface area contributed by atoms with Gasteiger partial charge in [-0.25, -0.2) is 4.98 Å². The van der Waals surface area contributed by atoms with Crippen LogP contribution < -0.4 is 11.3 Å². The smallest absolute Gasteiger partial charge is 0.280 e. The summed E-state index contributed by atoms with van der Waals surface area (Å²) in [6.45, 7) is 0.0611. The molecule has 3 atom stereocenters. The number of aromatic nitrogens is 4. The first-order chi connectivity index (χ1) is 9.60. The minimum Gasteiger partial charge on any atom is -0.394 e. The summed E-state index contributed by atoms with van der Waals surface area (Å²) in [6, 6.07) is -0.216. The van der Waals surface area contributed by atoms with Gasteiger partial charge in [0.1, 0.15) is 6.10 Å². The standard InChI is InChI=1S/C11H15N5O4/c12-11-14-9-8(10(19)15-11)13-4-16(9)5-1-6(18)7(2-17)20-3-5/h4-7,17-18H,1-3H2,(H3,12,14,15,19)/t5-,6-,7+/m0/s1. The lowest BCUT2D eigenvalue weighted by Gasteiger charge is -2.32. The van der Waals surface area contributed by atoms with Crippen molar-refractivity contribution in [3.8, 4) is 0 Å². The number of fused-ring (bicyclic) bond motifs is 1. The topological polar surface area (TPSA) is 139 Å². The quantitative estimate of drug-likeness (QED) is 0.519. The lowest BCUT2D eigenvalue weighted by atomic mass is 10.0. The predicted molar refractivity (Wildman–Crippen MR) is 69.0 cm³/mol. The minimum atomic E-state index is -0.782. The zero-order valence-electron chi connectivity index (χ0n) is 10.6. The molecule has 0 aromatic carbocycles. The Balaban J connectivity index is 1.97.